The lowest BCUT2D eigenvalue weighted by atomic mass is 9.95. The van der Waals surface area contributed by atoms with Gasteiger partial charge in [-0.3, -0.25) is 24.6 Å². The van der Waals surface area contributed by atoms with E-state index in [0.29, 0.717) is 11.3 Å². The van der Waals surface area contributed by atoms with Crippen molar-refractivity contribution in [2.45, 2.75) is 22.1 Å². The zero-order valence-corrected chi connectivity index (χ0v) is 23.5. The molecule has 0 aliphatic carbocycles. The third-order valence-electron chi connectivity index (χ3n) is 6.59. The van der Waals surface area contributed by atoms with Gasteiger partial charge in [-0.1, -0.05) is 47.2 Å². The summed E-state index contributed by atoms with van der Waals surface area (Å²) in [5.74, 6) is -2.75. The first-order valence-corrected chi connectivity index (χ1v) is 14.4. The summed E-state index contributed by atoms with van der Waals surface area (Å²) in [6, 6.07) is 13.8. The molecule has 12 nitrogen and oxygen atoms in total. The maximum atomic E-state index is 13.4. The van der Waals surface area contributed by atoms with Gasteiger partial charge in [0.1, 0.15) is 9.97 Å². The Balaban J connectivity index is 1.64. The minimum atomic E-state index is -4.20. The topological polar surface area (TPSA) is 177 Å². The normalized spacial score (nSPS) is 16.5. The molecule has 1 atom stereocenters. The number of nitrogens with zero attached hydrogens (tertiary/aromatic N) is 3. The molecule has 1 unspecified atom stereocenters. The highest BCUT2D eigenvalue weighted by Crippen LogP contribution is 2.45. The maximum absolute atomic E-state index is 13.4. The molecule has 0 saturated carbocycles. The third kappa shape index (κ3) is 4.86. The van der Waals surface area contributed by atoms with E-state index < -0.39 is 38.3 Å². The Morgan fingerprint density at radius 3 is 2.33 bits per heavy atom. The fourth-order valence-electron chi connectivity index (χ4n) is 4.44. The van der Waals surface area contributed by atoms with Gasteiger partial charge in [0.25, 0.3) is 11.5 Å². The van der Waals surface area contributed by atoms with Crippen LogP contribution in [0.15, 0.2) is 87.6 Å². The number of hydrogen-bond donors (Lipinski definition) is 2. The molecular weight excluding hydrogens is 586 g/mol. The molecule has 4 aromatic rings. The van der Waals surface area contributed by atoms with Crippen molar-refractivity contribution in [1.82, 2.24) is 4.98 Å². The number of ether oxygens (including phenoxy) is 1. The molecule has 1 aliphatic rings. The number of methoxy groups -OCH3 is 1. The SMILES string of the molecule is COc1ccc(C2C(=C(O)c3ccc(C)cc3)C(=O)C(=O)N2c2ncc(S(=O)(=O)c3ccc([N+](=O)[O-])cc3)s2)cc1O. The van der Waals surface area contributed by atoms with Crippen LogP contribution in [0.4, 0.5) is 10.8 Å². The van der Waals surface area contributed by atoms with E-state index in [1.165, 1.54) is 25.3 Å². The summed E-state index contributed by atoms with van der Waals surface area (Å²) in [6.07, 6.45) is 1.01. The number of ketones is 1. The van der Waals surface area contributed by atoms with E-state index in [9.17, 15) is 38.3 Å². The molecule has 0 spiro atoms. The van der Waals surface area contributed by atoms with Crippen LogP contribution in [0.25, 0.3) is 5.76 Å². The molecular formula is C28H21N3O9S2. The first-order chi connectivity index (χ1) is 19.9. The molecule has 0 radical (unpaired) electrons. The molecule has 5 rings (SSSR count). The van der Waals surface area contributed by atoms with Gasteiger partial charge in [-0.2, -0.15) is 0 Å². The van der Waals surface area contributed by atoms with Crippen molar-refractivity contribution < 1.29 is 37.9 Å². The van der Waals surface area contributed by atoms with Crippen LogP contribution in [0.3, 0.4) is 0 Å². The second-order valence-electron chi connectivity index (χ2n) is 9.18. The number of thiazole rings is 1. The van der Waals surface area contributed by atoms with Crippen molar-refractivity contribution in [2.24, 2.45) is 0 Å². The number of amides is 1. The molecule has 2 N–H and O–H groups in total. The molecule has 1 fully saturated rings. The molecule has 0 bridgehead atoms. The monoisotopic (exact) mass is 607 g/mol. The molecule has 14 heteroatoms. The number of nitro benzene ring substituents is 1. The second-order valence-corrected chi connectivity index (χ2v) is 12.4. The van der Waals surface area contributed by atoms with Gasteiger partial charge in [-0.15, -0.1) is 0 Å². The van der Waals surface area contributed by atoms with Crippen LogP contribution in [-0.2, 0) is 19.4 Å². The number of anilines is 1. The van der Waals surface area contributed by atoms with E-state index >= 15 is 0 Å². The number of carbonyl (C=O) groups is 2. The number of aliphatic hydroxyl groups excluding tert-OH is 1. The lowest BCUT2D eigenvalue weighted by Gasteiger charge is -2.23. The van der Waals surface area contributed by atoms with E-state index in [2.05, 4.69) is 4.98 Å². The molecule has 1 amide bonds. The Labute approximate surface area is 242 Å². The number of phenolic OH excluding ortho intramolecular Hbond substituents is 1. The van der Waals surface area contributed by atoms with Crippen LogP contribution in [0.1, 0.15) is 22.7 Å². The fourth-order valence-corrected chi connectivity index (χ4v) is 6.99. The van der Waals surface area contributed by atoms with E-state index in [1.54, 1.807) is 24.3 Å². The van der Waals surface area contributed by atoms with Crippen LogP contribution in [-0.4, -0.2) is 47.3 Å². The Morgan fingerprint density at radius 1 is 1.07 bits per heavy atom. The van der Waals surface area contributed by atoms with Gasteiger partial charge in [0, 0.05) is 17.7 Å². The van der Waals surface area contributed by atoms with Crippen molar-refractivity contribution in [1.29, 1.82) is 0 Å². The zero-order valence-electron chi connectivity index (χ0n) is 21.9. The highest BCUT2D eigenvalue weighted by atomic mass is 32.2. The number of sulfone groups is 1. The molecule has 42 heavy (non-hydrogen) atoms. The molecule has 1 aromatic heterocycles. The van der Waals surface area contributed by atoms with E-state index in [0.717, 1.165) is 40.9 Å². The van der Waals surface area contributed by atoms with Crippen molar-refractivity contribution in [3.63, 3.8) is 0 Å². The minimum absolute atomic E-state index is 0.125. The van der Waals surface area contributed by atoms with Gasteiger partial charge in [0.2, 0.25) is 9.84 Å². The largest absolute Gasteiger partial charge is 0.507 e. The number of hydrogen-bond acceptors (Lipinski definition) is 11. The van der Waals surface area contributed by atoms with Crippen LogP contribution >= 0.6 is 11.3 Å². The summed E-state index contributed by atoms with van der Waals surface area (Å²) < 4.78 is 31.4. The molecule has 214 valence electrons. The number of phenols is 1. The fraction of sp³-hybridized carbons (Fsp3) is 0.107. The highest BCUT2D eigenvalue weighted by molar-refractivity contribution is 7.93. The van der Waals surface area contributed by atoms with Crippen LogP contribution < -0.4 is 9.64 Å². The Kier molecular flexibility index (Phi) is 7.26. The molecule has 3 aromatic carbocycles. The number of Topliss-reactive ketones (excluding diaryl/α,β-unsaturated/α-hetero) is 1. The van der Waals surface area contributed by atoms with E-state index in [-0.39, 0.29) is 48.1 Å². The van der Waals surface area contributed by atoms with Gasteiger partial charge in [0.05, 0.1) is 34.7 Å². The number of aryl methyl sites for hydroxylation is 1. The molecule has 1 saturated heterocycles. The van der Waals surface area contributed by atoms with Gasteiger partial charge in [-0.05, 0) is 36.8 Å². The number of non-ortho nitro benzene ring substituents is 1. The summed E-state index contributed by atoms with van der Waals surface area (Å²) in [5, 5.41) is 32.5. The van der Waals surface area contributed by atoms with Gasteiger partial charge >= 0.3 is 5.91 Å². The van der Waals surface area contributed by atoms with E-state index in [4.69, 9.17) is 4.74 Å². The number of benzene rings is 3. The van der Waals surface area contributed by atoms with E-state index in [1.807, 2.05) is 6.92 Å². The quantitative estimate of drug-likeness (QED) is 0.0997. The van der Waals surface area contributed by atoms with Gasteiger partial charge < -0.3 is 14.9 Å². The van der Waals surface area contributed by atoms with Crippen LogP contribution in [0.5, 0.6) is 11.5 Å². The Hall–Kier alpha value is -5.08. The lowest BCUT2D eigenvalue weighted by Crippen LogP contribution is -2.29. The standard InChI is InChI=1S/C28H21N3O9S2/c1-15-3-5-16(6-4-15)25(33)23-24(17-7-12-21(40-2)20(32)13-17)30(27(35)26(23)34)28-29-14-22(41-28)42(38,39)19-10-8-18(9-11-19)31(36)37/h3-14,24,32-33H,1-2H3. The highest BCUT2D eigenvalue weighted by Gasteiger charge is 2.48. The minimum Gasteiger partial charge on any atom is -0.507 e. The lowest BCUT2D eigenvalue weighted by molar-refractivity contribution is -0.384. The number of rotatable bonds is 7. The summed E-state index contributed by atoms with van der Waals surface area (Å²) in [4.78, 5) is 42.0. The summed E-state index contributed by atoms with van der Waals surface area (Å²) in [7, 11) is -2.86. The smallest absolute Gasteiger partial charge is 0.301 e. The second kappa shape index (κ2) is 10.7. The number of nitro groups is 1. The Bertz CT molecular complexity index is 1880. The predicted molar refractivity (Wildman–Crippen MR) is 151 cm³/mol. The van der Waals surface area contributed by atoms with Crippen molar-refractivity contribution >= 4 is 49.4 Å². The maximum Gasteiger partial charge on any atom is 0.301 e. The summed E-state index contributed by atoms with van der Waals surface area (Å²) in [5.41, 5.74) is 0.799. The van der Waals surface area contributed by atoms with Crippen molar-refractivity contribution in [2.75, 3.05) is 12.0 Å². The first kappa shape index (κ1) is 28.4. The van der Waals surface area contributed by atoms with Gasteiger partial charge in [0.15, 0.2) is 16.6 Å². The average Bonchev–Trinajstić information content (AvgIpc) is 3.56. The van der Waals surface area contributed by atoms with Crippen molar-refractivity contribution in [3.05, 3.63) is 105 Å². The van der Waals surface area contributed by atoms with Crippen molar-refractivity contribution in [3.8, 4) is 11.5 Å². The summed E-state index contributed by atoms with van der Waals surface area (Å²) >= 11 is 0.599. The number of carbonyl (C=O) groups excluding carboxylic acids is 2. The third-order valence-corrected chi connectivity index (χ3v) is 9.82. The van der Waals surface area contributed by atoms with Crippen LogP contribution in [0, 0.1) is 17.0 Å². The number of aliphatic hydroxyl groups is 1. The average molecular weight is 608 g/mol. The first-order valence-electron chi connectivity index (χ1n) is 12.1. The zero-order chi connectivity index (χ0) is 30.3. The molecule has 2 heterocycles. The predicted octanol–water partition coefficient (Wildman–Crippen LogP) is 4.53. The van der Waals surface area contributed by atoms with Gasteiger partial charge in [-0.25, -0.2) is 13.4 Å². The Morgan fingerprint density at radius 2 is 1.74 bits per heavy atom. The summed E-state index contributed by atoms with van der Waals surface area (Å²) in [6.45, 7) is 1.84. The molecule has 1 aliphatic heterocycles. The number of aromatic hydroxyl groups is 1. The number of aromatic nitrogens is 1. The van der Waals surface area contributed by atoms with Crippen LogP contribution in [0.2, 0.25) is 0 Å².